The van der Waals surface area contributed by atoms with Gasteiger partial charge in [0.1, 0.15) is 0 Å². The van der Waals surface area contributed by atoms with Crippen LogP contribution in [0.4, 0.5) is 0 Å². The first kappa shape index (κ1) is 15.3. The van der Waals surface area contributed by atoms with Gasteiger partial charge in [0.15, 0.2) is 0 Å². The Hall–Kier alpha value is -2.13. The second kappa shape index (κ2) is 7.04. The molecule has 0 saturated carbocycles. The predicted molar refractivity (Wildman–Crippen MR) is 84.8 cm³/mol. The van der Waals surface area contributed by atoms with Crippen molar-refractivity contribution in [2.75, 3.05) is 6.61 Å². The lowest BCUT2D eigenvalue weighted by molar-refractivity contribution is -0.143. The van der Waals surface area contributed by atoms with Crippen LogP contribution < -0.4 is 5.73 Å². The molecule has 3 nitrogen and oxygen atoms in total. The zero-order chi connectivity index (χ0) is 15.2. The molecule has 1 atom stereocenters. The van der Waals surface area contributed by atoms with Crippen LogP contribution in [0, 0.1) is 6.92 Å². The lowest BCUT2D eigenvalue weighted by Crippen LogP contribution is -2.17. The molecule has 0 aliphatic heterocycles. The van der Waals surface area contributed by atoms with Crippen LogP contribution in [0.1, 0.15) is 30.5 Å². The highest BCUT2D eigenvalue weighted by Crippen LogP contribution is 2.24. The van der Waals surface area contributed by atoms with Gasteiger partial charge in [0.05, 0.1) is 13.0 Å². The molecule has 0 amide bonds. The molecule has 3 heteroatoms. The molecular formula is C18H21NO2. The van der Waals surface area contributed by atoms with E-state index in [1.165, 1.54) is 5.56 Å². The number of rotatable bonds is 5. The fourth-order valence-corrected chi connectivity index (χ4v) is 2.21. The fourth-order valence-electron chi connectivity index (χ4n) is 2.21. The lowest BCUT2D eigenvalue weighted by Gasteiger charge is -2.13. The van der Waals surface area contributed by atoms with Gasteiger partial charge >= 0.3 is 5.97 Å². The van der Waals surface area contributed by atoms with E-state index in [1.54, 1.807) is 6.92 Å². The number of hydrogen-bond acceptors (Lipinski definition) is 3. The highest BCUT2D eigenvalue weighted by molar-refractivity contribution is 5.71. The van der Waals surface area contributed by atoms with Gasteiger partial charge in [0.25, 0.3) is 0 Å². The number of hydrogen-bond donors (Lipinski definition) is 1. The molecule has 0 heterocycles. The minimum atomic E-state index is -0.338. The minimum Gasteiger partial charge on any atom is -0.466 e. The number of esters is 1. The molecule has 0 radical (unpaired) electrons. The van der Waals surface area contributed by atoms with Crippen LogP contribution in [0.25, 0.3) is 11.1 Å². The van der Waals surface area contributed by atoms with Crippen LogP contribution in [0.5, 0.6) is 0 Å². The van der Waals surface area contributed by atoms with E-state index in [0.717, 1.165) is 16.7 Å². The van der Waals surface area contributed by atoms with E-state index in [4.69, 9.17) is 10.5 Å². The Bertz CT molecular complexity index is 605. The van der Waals surface area contributed by atoms with Crippen LogP contribution in [0.3, 0.4) is 0 Å². The third-order valence-electron chi connectivity index (χ3n) is 3.39. The van der Waals surface area contributed by atoms with Crippen LogP contribution in [0.15, 0.2) is 48.5 Å². The van der Waals surface area contributed by atoms with Gasteiger partial charge in [-0.05, 0) is 36.6 Å². The second-order valence-corrected chi connectivity index (χ2v) is 5.11. The summed E-state index contributed by atoms with van der Waals surface area (Å²) in [4.78, 5) is 11.5. The second-order valence-electron chi connectivity index (χ2n) is 5.11. The molecule has 1 unspecified atom stereocenters. The van der Waals surface area contributed by atoms with E-state index in [-0.39, 0.29) is 18.4 Å². The summed E-state index contributed by atoms with van der Waals surface area (Å²) in [7, 11) is 0. The average molecular weight is 283 g/mol. The molecule has 0 aliphatic carbocycles. The Morgan fingerprint density at radius 2 is 1.86 bits per heavy atom. The van der Waals surface area contributed by atoms with Crippen molar-refractivity contribution < 1.29 is 9.53 Å². The van der Waals surface area contributed by atoms with Crippen molar-refractivity contribution in [1.29, 1.82) is 0 Å². The van der Waals surface area contributed by atoms with E-state index in [1.807, 2.05) is 24.3 Å². The van der Waals surface area contributed by atoms with Gasteiger partial charge in [-0.2, -0.15) is 0 Å². The van der Waals surface area contributed by atoms with E-state index >= 15 is 0 Å². The first-order chi connectivity index (χ1) is 10.1. The summed E-state index contributed by atoms with van der Waals surface area (Å²) >= 11 is 0. The van der Waals surface area contributed by atoms with E-state index < -0.39 is 0 Å². The molecule has 0 saturated heterocycles. The van der Waals surface area contributed by atoms with Crippen molar-refractivity contribution >= 4 is 5.97 Å². The molecule has 21 heavy (non-hydrogen) atoms. The quantitative estimate of drug-likeness (QED) is 0.853. The van der Waals surface area contributed by atoms with Crippen molar-refractivity contribution in [3.05, 3.63) is 59.7 Å². The van der Waals surface area contributed by atoms with E-state index in [0.29, 0.717) is 6.61 Å². The molecule has 2 aromatic rings. The minimum absolute atomic E-state index is 0.200. The first-order valence-electron chi connectivity index (χ1n) is 7.18. The number of carbonyl (C=O) groups excluding carboxylic acids is 1. The lowest BCUT2D eigenvalue weighted by atomic mass is 9.98. The zero-order valence-electron chi connectivity index (χ0n) is 12.5. The van der Waals surface area contributed by atoms with Gasteiger partial charge in [-0.1, -0.05) is 48.0 Å². The average Bonchev–Trinajstić information content (AvgIpc) is 2.48. The summed E-state index contributed by atoms with van der Waals surface area (Å²) in [5, 5.41) is 0. The van der Waals surface area contributed by atoms with Crippen molar-refractivity contribution in [2.24, 2.45) is 5.73 Å². The Balaban J connectivity index is 2.17. The maximum absolute atomic E-state index is 11.5. The third-order valence-corrected chi connectivity index (χ3v) is 3.39. The molecule has 2 aromatic carbocycles. The Kier molecular flexibility index (Phi) is 5.12. The van der Waals surface area contributed by atoms with Crippen molar-refractivity contribution in [3.8, 4) is 11.1 Å². The third kappa shape index (κ3) is 4.17. The van der Waals surface area contributed by atoms with Crippen molar-refractivity contribution in [2.45, 2.75) is 26.3 Å². The summed E-state index contributed by atoms with van der Waals surface area (Å²) in [5.41, 5.74) is 10.5. The summed E-state index contributed by atoms with van der Waals surface area (Å²) in [6.45, 7) is 4.24. The van der Waals surface area contributed by atoms with Crippen LogP contribution in [-0.4, -0.2) is 12.6 Å². The number of ether oxygens (including phenoxy) is 1. The Morgan fingerprint density at radius 3 is 2.52 bits per heavy atom. The van der Waals surface area contributed by atoms with Gasteiger partial charge in [-0.3, -0.25) is 4.79 Å². The Labute approximate surface area is 125 Å². The summed E-state index contributed by atoms with van der Waals surface area (Å²) in [5.74, 6) is -0.259. The van der Waals surface area contributed by atoms with Crippen LogP contribution in [0.2, 0.25) is 0 Å². The van der Waals surface area contributed by atoms with Gasteiger partial charge in [0.2, 0.25) is 0 Å². The molecule has 0 bridgehead atoms. The van der Waals surface area contributed by atoms with Crippen LogP contribution >= 0.6 is 0 Å². The predicted octanol–water partition coefficient (Wildman–Crippen LogP) is 3.62. The largest absolute Gasteiger partial charge is 0.466 e. The number of carbonyl (C=O) groups is 1. The normalized spacial score (nSPS) is 12.0. The fraction of sp³-hybridized carbons (Fsp3) is 0.278. The standard InChI is InChI=1S/C18H21NO2/c1-3-21-18(20)12-17(19)16-6-4-5-15(11-16)14-9-7-13(2)8-10-14/h4-11,17H,3,12,19H2,1-2H3. The molecule has 2 rings (SSSR count). The SMILES string of the molecule is CCOC(=O)CC(N)c1cccc(-c2ccc(C)cc2)c1. The van der Waals surface area contributed by atoms with Crippen molar-refractivity contribution in [3.63, 3.8) is 0 Å². The molecule has 0 aliphatic rings. The topological polar surface area (TPSA) is 52.3 Å². The smallest absolute Gasteiger partial charge is 0.307 e. The number of benzene rings is 2. The monoisotopic (exact) mass is 283 g/mol. The first-order valence-corrected chi connectivity index (χ1v) is 7.18. The number of nitrogens with two attached hydrogens (primary N) is 1. The van der Waals surface area contributed by atoms with Gasteiger partial charge in [-0.15, -0.1) is 0 Å². The van der Waals surface area contributed by atoms with E-state index in [9.17, 15) is 4.79 Å². The zero-order valence-corrected chi connectivity index (χ0v) is 12.5. The van der Waals surface area contributed by atoms with Gasteiger partial charge in [-0.25, -0.2) is 0 Å². The molecule has 110 valence electrons. The summed E-state index contributed by atoms with van der Waals surface area (Å²) < 4.78 is 4.94. The maximum atomic E-state index is 11.5. The van der Waals surface area contributed by atoms with E-state index in [2.05, 4.69) is 31.2 Å². The summed E-state index contributed by atoms with van der Waals surface area (Å²) in [6.07, 6.45) is 0.200. The van der Waals surface area contributed by atoms with Gasteiger partial charge in [0, 0.05) is 6.04 Å². The van der Waals surface area contributed by atoms with Gasteiger partial charge < -0.3 is 10.5 Å². The highest BCUT2D eigenvalue weighted by Gasteiger charge is 2.13. The molecule has 0 spiro atoms. The maximum Gasteiger partial charge on any atom is 0.307 e. The molecule has 2 N–H and O–H groups in total. The Morgan fingerprint density at radius 1 is 1.14 bits per heavy atom. The summed E-state index contributed by atoms with van der Waals surface area (Å²) in [6, 6.07) is 16.0. The highest BCUT2D eigenvalue weighted by atomic mass is 16.5. The van der Waals surface area contributed by atoms with Crippen molar-refractivity contribution in [1.82, 2.24) is 0 Å². The molecular weight excluding hydrogens is 262 g/mol. The number of aryl methyl sites for hydroxylation is 1. The molecule has 0 aromatic heterocycles. The molecule has 0 fully saturated rings. The van der Waals surface area contributed by atoms with Crippen LogP contribution in [-0.2, 0) is 9.53 Å².